The number of hydrogen-bond acceptors (Lipinski definition) is 2. The molecule has 0 aromatic heterocycles. The van der Waals surface area contributed by atoms with E-state index in [0.29, 0.717) is 5.41 Å². The van der Waals surface area contributed by atoms with Crippen molar-refractivity contribution in [3.05, 3.63) is 0 Å². The maximum absolute atomic E-state index is 3.53. The third kappa shape index (κ3) is 3.27. The Labute approximate surface area is 114 Å². The minimum absolute atomic E-state index is 0.494. The van der Waals surface area contributed by atoms with Gasteiger partial charge in [-0.3, -0.25) is 4.90 Å². The second kappa shape index (κ2) is 5.92. The number of likely N-dealkylation sites (tertiary alicyclic amines) is 1. The first-order chi connectivity index (χ1) is 8.52. The van der Waals surface area contributed by atoms with Crippen LogP contribution in [-0.4, -0.2) is 37.1 Å². The quantitative estimate of drug-likeness (QED) is 0.811. The molecule has 1 N–H and O–H groups in total. The van der Waals surface area contributed by atoms with E-state index in [4.69, 9.17) is 0 Å². The summed E-state index contributed by atoms with van der Waals surface area (Å²) in [5.41, 5.74) is 0.494. The van der Waals surface area contributed by atoms with Gasteiger partial charge in [-0.15, -0.1) is 0 Å². The van der Waals surface area contributed by atoms with E-state index in [9.17, 15) is 0 Å². The number of likely N-dealkylation sites (N-methyl/N-ethyl adjacent to an activating group) is 1. The van der Waals surface area contributed by atoms with Crippen molar-refractivity contribution >= 4 is 0 Å². The highest BCUT2D eigenvalue weighted by Gasteiger charge is 2.34. The summed E-state index contributed by atoms with van der Waals surface area (Å²) in [6.07, 6.45) is 8.42. The molecule has 0 radical (unpaired) electrons. The first-order valence-electron chi connectivity index (χ1n) is 7.93. The lowest BCUT2D eigenvalue weighted by Crippen LogP contribution is -2.46. The SMILES string of the molecule is CNC1CCCC1N1CCCC(C(C)(C)C)CC1. The van der Waals surface area contributed by atoms with E-state index in [1.807, 2.05) is 0 Å². The first-order valence-corrected chi connectivity index (χ1v) is 7.93. The average molecular weight is 252 g/mol. The molecular formula is C16H32N2. The van der Waals surface area contributed by atoms with Gasteiger partial charge in [0.25, 0.3) is 0 Å². The Morgan fingerprint density at radius 3 is 2.39 bits per heavy atom. The van der Waals surface area contributed by atoms with Crippen molar-refractivity contribution in [2.45, 2.75) is 71.4 Å². The van der Waals surface area contributed by atoms with Crippen LogP contribution in [0.3, 0.4) is 0 Å². The van der Waals surface area contributed by atoms with E-state index in [-0.39, 0.29) is 0 Å². The van der Waals surface area contributed by atoms with Crippen molar-refractivity contribution in [1.82, 2.24) is 10.2 Å². The van der Waals surface area contributed by atoms with Crippen molar-refractivity contribution in [2.75, 3.05) is 20.1 Å². The molecule has 2 rings (SSSR count). The lowest BCUT2D eigenvalue weighted by Gasteiger charge is -2.33. The van der Waals surface area contributed by atoms with Gasteiger partial charge in [0, 0.05) is 12.1 Å². The van der Waals surface area contributed by atoms with Crippen LogP contribution >= 0.6 is 0 Å². The van der Waals surface area contributed by atoms with Gasteiger partial charge in [-0.2, -0.15) is 0 Å². The fraction of sp³-hybridized carbons (Fsp3) is 1.00. The van der Waals surface area contributed by atoms with Crippen molar-refractivity contribution in [3.8, 4) is 0 Å². The van der Waals surface area contributed by atoms with E-state index in [0.717, 1.165) is 18.0 Å². The van der Waals surface area contributed by atoms with Crippen LogP contribution in [0.1, 0.15) is 59.3 Å². The largest absolute Gasteiger partial charge is 0.315 e. The second-order valence-electron chi connectivity index (χ2n) is 7.42. The summed E-state index contributed by atoms with van der Waals surface area (Å²) in [5.74, 6) is 0.914. The summed E-state index contributed by atoms with van der Waals surface area (Å²) in [6, 6.07) is 1.56. The maximum Gasteiger partial charge on any atom is 0.0249 e. The topological polar surface area (TPSA) is 15.3 Å². The number of rotatable bonds is 2. The van der Waals surface area contributed by atoms with Gasteiger partial charge < -0.3 is 5.32 Å². The lowest BCUT2D eigenvalue weighted by molar-refractivity contribution is 0.167. The normalized spacial score (nSPS) is 35.7. The second-order valence-corrected chi connectivity index (χ2v) is 7.42. The van der Waals surface area contributed by atoms with Gasteiger partial charge >= 0.3 is 0 Å². The molecule has 1 saturated heterocycles. The Balaban J connectivity index is 1.92. The van der Waals surface area contributed by atoms with E-state index in [2.05, 4.69) is 38.0 Å². The zero-order valence-electron chi connectivity index (χ0n) is 12.8. The summed E-state index contributed by atoms with van der Waals surface area (Å²) in [5, 5.41) is 3.53. The van der Waals surface area contributed by atoms with Crippen LogP contribution in [0.2, 0.25) is 0 Å². The van der Waals surface area contributed by atoms with Gasteiger partial charge in [0.15, 0.2) is 0 Å². The van der Waals surface area contributed by atoms with Gasteiger partial charge in [-0.1, -0.05) is 27.2 Å². The van der Waals surface area contributed by atoms with Crippen LogP contribution in [0, 0.1) is 11.3 Å². The molecule has 2 fully saturated rings. The molecule has 3 unspecified atom stereocenters. The zero-order valence-corrected chi connectivity index (χ0v) is 12.8. The molecule has 0 amide bonds. The summed E-state index contributed by atoms with van der Waals surface area (Å²) < 4.78 is 0. The molecule has 0 aromatic rings. The van der Waals surface area contributed by atoms with Gasteiger partial charge in [0.1, 0.15) is 0 Å². The van der Waals surface area contributed by atoms with Crippen molar-refractivity contribution in [3.63, 3.8) is 0 Å². The number of nitrogens with zero attached hydrogens (tertiary/aromatic N) is 1. The van der Waals surface area contributed by atoms with Gasteiger partial charge in [-0.25, -0.2) is 0 Å². The molecule has 1 heterocycles. The molecule has 1 saturated carbocycles. The van der Waals surface area contributed by atoms with Crippen LogP contribution in [0.15, 0.2) is 0 Å². The smallest absolute Gasteiger partial charge is 0.0249 e. The Morgan fingerprint density at radius 2 is 1.72 bits per heavy atom. The molecule has 3 atom stereocenters. The van der Waals surface area contributed by atoms with Gasteiger partial charge in [0.2, 0.25) is 0 Å². The van der Waals surface area contributed by atoms with E-state index < -0.39 is 0 Å². The first kappa shape index (κ1) is 14.3. The van der Waals surface area contributed by atoms with E-state index in [1.54, 1.807) is 0 Å². The molecule has 106 valence electrons. The molecule has 1 aliphatic carbocycles. The van der Waals surface area contributed by atoms with E-state index >= 15 is 0 Å². The van der Waals surface area contributed by atoms with Crippen LogP contribution in [0.25, 0.3) is 0 Å². The van der Waals surface area contributed by atoms with Crippen molar-refractivity contribution < 1.29 is 0 Å². The van der Waals surface area contributed by atoms with Gasteiger partial charge in [0.05, 0.1) is 0 Å². The summed E-state index contributed by atoms with van der Waals surface area (Å²) in [4.78, 5) is 2.79. The molecule has 0 bridgehead atoms. The molecule has 2 heteroatoms. The van der Waals surface area contributed by atoms with Crippen molar-refractivity contribution in [1.29, 1.82) is 0 Å². The summed E-state index contributed by atoms with van der Waals surface area (Å²) in [7, 11) is 2.14. The Bertz CT molecular complexity index is 256. The standard InChI is InChI=1S/C16H32N2/c1-16(2,3)13-7-6-11-18(12-10-13)15-9-5-8-14(15)17-4/h13-15,17H,5-12H2,1-4H3. The van der Waals surface area contributed by atoms with Crippen LogP contribution in [-0.2, 0) is 0 Å². The molecule has 1 aliphatic heterocycles. The van der Waals surface area contributed by atoms with Crippen molar-refractivity contribution in [2.24, 2.45) is 11.3 Å². The van der Waals surface area contributed by atoms with E-state index in [1.165, 1.54) is 51.6 Å². The Kier molecular flexibility index (Phi) is 4.71. The Morgan fingerprint density at radius 1 is 0.944 bits per heavy atom. The average Bonchev–Trinajstić information content (AvgIpc) is 2.63. The highest BCUT2D eigenvalue weighted by molar-refractivity contribution is 4.91. The lowest BCUT2D eigenvalue weighted by atomic mass is 9.77. The third-order valence-electron chi connectivity index (χ3n) is 5.31. The fourth-order valence-corrected chi connectivity index (χ4v) is 4.03. The fourth-order valence-electron chi connectivity index (χ4n) is 4.03. The minimum atomic E-state index is 0.494. The van der Waals surface area contributed by atoms with Crippen LogP contribution in [0.4, 0.5) is 0 Å². The van der Waals surface area contributed by atoms with Crippen LogP contribution in [0.5, 0.6) is 0 Å². The molecule has 2 nitrogen and oxygen atoms in total. The predicted octanol–water partition coefficient (Wildman–Crippen LogP) is 3.28. The number of hydrogen-bond donors (Lipinski definition) is 1. The maximum atomic E-state index is 3.53. The molecule has 18 heavy (non-hydrogen) atoms. The summed E-state index contributed by atoms with van der Waals surface area (Å²) >= 11 is 0. The predicted molar refractivity (Wildman–Crippen MR) is 78.9 cm³/mol. The Hall–Kier alpha value is -0.0800. The molecular weight excluding hydrogens is 220 g/mol. The molecule has 2 aliphatic rings. The molecule has 0 aromatic carbocycles. The highest BCUT2D eigenvalue weighted by atomic mass is 15.2. The zero-order chi connectivity index (χ0) is 13.2. The molecule has 0 spiro atoms. The monoisotopic (exact) mass is 252 g/mol. The highest BCUT2D eigenvalue weighted by Crippen LogP contribution is 2.35. The van der Waals surface area contributed by atoms with Gasteiger partial charge in [-0.05, 0) is 63.6 Å². The van der Waals surface area contributed by atoms with Crippen LogP contribution < -0.4 is 5.32 Å². The third-order valence-corrected chi connectivity index (χ3v) is 5.31. The number of nitrogens with one attached hydrogen (secondary N) is 1. The minimum Gasteiger partial charge on any atom is -0.315 e. The summed E-state index contributed by atoms with van der Waals surface area (Å²) in [6.45, 7) is 9.90.